The maximum atomic E-state index is 12.3. The van der Waals surface area contributed by atoms with E-state index in [9.17, 15) is 4.79 Å². The molecule has 0 aromatic carbocycles. The summed E-state index contributed by atoms with van der Waals surface area (Å²) in [5, 5.41) is 2.13. The largest absolute Gasteiger partial charge is 0.338 e. The Bertz CT molecular complexity index is 416. The number of carbonyl (C=O) groups is 1. The Morgan fingerprint density at radius 3 is 3.11 bits per heavy atom. The molecule has 3 nitrogen and oxygen atoms in total. The van der Waals surface area contributed by atoms with E-state index < -0.39 is 0 Å². The summed E-state index contributed by atoms with van der Waals surface area (Å²) in [4.78, 5) is 15.7. The topological polar surface area (TPSA) is 46.3 Å². The summed E-state index contributed by atoms with van der Waals surface area (Å²) in [6.45, 7) is 4.61. The van der Waals surface area contributed by atoms with Crippen LogP contribution in [0.25, 0.3) is 0 Å². The van der Waals surface area contributed by atoms with E-state index >= 15 is 0 Å². The Morgan fingerprint density at radius 1 is 1.53 bits per heavy atom. The molecule has 1 aromatic heterocycles. The van der Waals surface area contributed by atoms with E-state index in [0.717, 1.165) is 45.3 Å². The average molecular weight is 280 g/mol. The number of carbonyl (C=O) groups excluding carboxylic acids is 1. The number of thiophene rings is 1. The normalized spacial score (nSPS) is 16.2. The van der Waals surface area contributed by atoms with Gasteiger partial charge in [-0.15, -0.1) is 11.3 Å². The molecule has 1 aliphatic rings. The summed E-state index contributed by atoms with van der Waals surface area (Å²) in [7, 11) is 0. The van der Waals surface area contributed by atoms with Gasteiger partial charge in [0.05, 0.1) is 0 Å². The molecule has 0 bridgehead atoms. The van der Waals surface area contributed by atoms with Crippen molar-refractivity contribution in [2.45, 2.75) is 45.6 Å². The second-order valence-corrected chi connectivity index (χ2v) is 6.33. The zero-order valence-corrected chi connectivity index (χ0v) is 12.5. The molecule has 1 unspecified atom stereocenters. The summed E-state index contributed by atoms with van der Waals surface area (Å²) in [6, 6.07) is 2.16. The molecule has 0 aliphatic carbocycles. The molecule has 0 fully saturated rings. The molecule has 1 amide bonds. The van der Waals surface area contributed by atoms with Crippen molar-refractivity contribution in [1.82, 2.24) is 4.90 Å². The minimum absolute atomic E-state index is 0.312. The van der Waals surface area contributed by atoms with Crippen LogP contribution in [-0.2, 0) is 17.8 Å². The van der Waals surface area contributed by atoms with E-state index in [1.807, 2.05) is 16.2 Å². The lowest BCUT2D eigenvalue weighted by atomic mass is 9.96. The van der Waals surface area contributed by atoms with Gasteiger partial charge in [0.15, 0.2) is 0 Å². The Balaban J connectivity index is 1.81. The van der Waals surface area contributed by atoms with E-state index in [0.29, 0.717) is 18.2 Å². The molecule has 4 heteroatoms. The van der Waals surface area contributed by atoms with Gasteiger partial charge in [-0.3, -0.25) is 4.79 Å². The first-order valence-electron chi connectivity index (χ1n) is 7.27. The highest BCUT2D eigenvalue weighted by Crippen LogP contribution is 2.25. The molecule has 0 saturated carbocycles. The highest BCUT2D eigenvalue weighted by Gasteiger charge is 2.21. The first kappa shape index (κ1) is 14.5. The number of fused-ring (bicyclic) bond motifs is 1. The minimum atomic E-state index is 0.312. The summed E-state index contributed by atoms with van der Waals surface area (Å²) < 4.78 is 0. The second kappa shape index (κ2) is 7.06. The first-order valence-corrected chi connectivity index (χ1v) is 8.15. The fourth-order valence-corrected chi connectivity index (χ4v) is 3.63. The fraction of sp³-hybridized carbons (Fsp3) is 0.667. The Kier molecular flexibility index (Phi) is 5.40. The molecule has 2 rings (SSSR count). The number of hydrogen-bond donors (Lipinski definition) is 1. The number of amides is 1. The lowest BCUT2D eigenvalue weighted by Crippen LogP contribution is -2.35. The Morgan fingerprint density at radius 2 is 2.37 bits per heavy atom. The Hall–Kier alpha value is -0.870. The van der Waals surface area contributed by atoms with Gasteiger partial charge in [0.1, 0.15) is 0 Å². The summed E-state index contributed by atoms with van der Waals surface area (Å²) in [6.07, 6.45) is 4.86. The van der Waals surface area contributed by atoms with Crippen molar-refractivity contribution in [2.75, 3.05) is 13.1 Å². The van der Waals surface area contributed by atoms with Crippen LogP contribution < -0.4 is 5.73 Å². The van der Waals surface area contributed by atoms with Gasteiger partial charge in [0.2, 0.25) is 5.91 Å². The van der Waals surface area contributed by atoms with Gasteiger partial charge in [-0.2, -0.15) is 0 Å². The van der Waals surface area contributed by atoms with Crippen LogP contribution in [0.1, 0.15) is 43.0 Å². The van der Waals surface area contributed by atoms with Crippen molar-refractivity contribution in [3.8, 4) is 0 Å². The molecule has 0 radical (unpaired) electrons. The minimum Gasteiger partial charge on any atom is -0.338 e. The third-order valence-electron chi connectivity index (χ3n) is 4.08. The van der Waals surface area contributed by atoms with Gasteiger partial charge in [0, 0.05) is 24.4 Å². The van der Waals surface area contributed by atoms with Crippen molar-refractivity contribution >= 4 is 17.2 Å². The predicted octanol–water partition coefficient (Wildman–Crippen LogP) is 2.79. The quantitative estimate of drug-likeness (QED) is 0.871. The van der Waals surface area contributed by atoms with Gasteiger partial charge in [-0.25, -0.2) is 0 Å². The van der Waals surface area contributed by atoms with Gasteiger partial charge in [0.25, 0.3) is 0 Å². The number of nitrogens with two attached hydrogens (primary N) is 1. The van der Waals surface area contributed by atoms with Gasteiger partial charge < -0.3 is 10.6 Å². The van der Waals surface area contributed by atoms with Crippen molar-refractivity contribution < 1.29 is 4.79 Å². The summed E-state index contributed by atoms with van der Waals surface area (Å²) in [5.41, 5.74) is 6.95. The molecular formula is C15H24N2OS. The molecule has 2 N–H and O–H groups in total. The number of hydrogen-bond acceptors (Lipinski definition) is 3. The third-order valence-corrected chi connectivity index (χ3v) is 5.10. The van der Waals surface area contributed by atoms with Crippen molar-refractivity contribution in [3.05, 3.63) is 21.9 Å². The number of rotatable bonds is 6. The molecule has 2 heterocycles. The lowest BCUT2D eigenvalue weighted by Gasteiger charge is -2.27. The molecule has 0 saturated heterocycles. The van der Waals surface area contributed by atoms with Crippen LogP contribution in [-0.4, -0.2) is 23.9 Å². The van der Waals surface area contributed by atoms with E-state index in [1.165, 1.54) is 10.4 Å². The summed E-state index contributed by atoms with van der Waals surface area (Å²) >= 11 is 1.82. The van der Waals surface area contributed by atoms with Gasteiger partial charge in [-0.05, 0) is 48.7 Å². The summed E-state index contributed by atoms with van der Waals surface area (Å²) in [5.74, 6) is 0.919. The van der Waals surface area contributed by atoms with Crippen LogP contribution >= 0.6 is 11.3 Å². The van der Waals surface area contributed by atoms with Gasteiger partial charge in [-0.1, -0.05) is 13.3 Å². The standard InChI is InChI=1S/C15H24N2OS/c1-2-12(5-8-16)3-4-15(18)17-9-6-14-13(11-17)7-10-19-14/h7,10,12H,2-6,8-9,11,16H2,1H3. The third kappa shape index (κ3) is 3.80. The fourth-order valence-electron chi connectivity index (χ4n) is 2.74. The van der Waals surface area contributed by atoms with E-state index in [-0.39, 0.29) is 0 Å². The highest BCUT2D eigenvalue weighted by molar-refractivity contribution is 7.10. The maximum Gasteiger partial charge on any atom is 0.222 e. The Labute approximate surface area is 119 Å². The van der Waals surface area contributed by atoms with Crippen molar-refractivity contribution in [2.24, 2.45) is 11.7 Å². The van der Waals surface area contributed by atoms with E-state index in [2.05, 4.69) is 18.4 Å². The predicted molar refractivity (Wildman–Crippen MR) is 80.1 cm³/mol. The highest BCUT2D eigenvalue weighted by atomic mass is 32.1. The monoisotopic (exact) mass is 280 g/mol. The second-order valence-electron chi connectivity index (χ2n) is 5.32. The molecule has 0 spiro atoms. The van der Waals surface area contributed by atoms with Crippen LogP contribution in [0.2, 0.25) is 0 Å². The molecule has 1 aromatic rings. The van der Waals surface area contributed by atoms with Crippen LogP contribution in [0, 0.1) is 5.92 Å². The van der Waals surface area contributed by atoms with Crippen molar-refractivity contribution in [3.63, 3.8) is 0 Å². The first-order chi connectivity index (χ1) is 9.24. The zero-order valence-electron chi connectivity index (χ0n) is 11.7. The van der Waals surface area contributed by atoms with E-state index in [1.54, 1.807) is 0 Å². The molecule has 1 atom stereocenters. The molecule has 1 aliphatic heterocycles. The average Bonchev–Trinajstić information content (AvgIpc) is 2.90. The van der Waals surface area contributed by atoms with Gasteiger partial charge >= 0.3 is 0 Å². The van der Waals surface area contributed by atoms with Crippen LogP contribution in [0.4, 0.5) is 0 Å². The molecule has 19 heavy (non-hydrogen) atoms. The zero-order chi connectivity index (χ0) is 13.7. The lowest BCUT2D eigenvalue weighted by molar-refractivity contribution is -0.132. The number of nitrogens with zero attached hydrogens (tertiary/aromatic N) is 1. The van der Waals surface area contributed by atoms with E-state index in [4.69, 9.17) is 5.73 Å². The molecule has 106 valence electrons. The van der Waals surface area contributed by atoms with Crippen LogP contribution in [0.5, 0.6) is 0 Å². The SMILES string of the molecule is CCC(CCN)CCC(=O)N1CCc2sccc2C1. The molecular weight excluding hydrogens is 256 g/mol. The van der Waals surface area contributed by atoms with Crippen LogP contribution in [0.3, 0.4) is 0 Å². The maximum absolute atomic E-state index is 12.3. The smallest absolute Gasteiger partial charge is 0.222 e. The van der Waals surface area contributed by atoms with Crippen LogP contribution in [0.15, 0.2) is 11.4 Å². The van der Waals surface area contributed by atoms with Crippen molar-refractivity contribution in [1.29, 1.82) is 0 Å².